The predicted octanol–water partition coefficient (Wildman–Crippen LogP) is 5.93. The van der Waals surface area contributed by atoms with Crippen molar-refractivity contribution in [2.24, 2.45) is 0 Å². The Morgan fingerprint density at radius 2 is 1.00 bits per heavy atom. The molecular weight excluding hydrogens is 375 g/mol. The Morgan fingerprint density at radius 3 is 1.35 bits per heavy atom. The Kier molecular flexibility index (Phi) is 4.71. The molecule has 3 heteroatoms. The van der Waals surface area contributed by atoms with E-state index in [1.165, 1.54) is 20.8 Å². The zero-order valence-electron chi connectivity index (χ0n) is 14.3. The van der Waals surface area contributed by atoms with E-state index in [0.717, 1.165) is 6.16 Å². The average Bonchev–Trinajstić information content (AvgIpc) is 3.23. The monoisotopic (exact) mass is 394 g/mol. The second kappa shape index (κ2) is 7.00. The van der Waals surface area contributed by atoms with Gasteiger partial charge in [0.25, 0.3) is 0 Å². The van der Waals surface area contributed by atoms with Crippen molar-refractivity contribution in [2.75, 3.05) is 0 Å². The van der Waals surface area contributed by atoms with Gasteiger partial charge in [-0.05, 0) is 0 Å². The Bertz CT molecular complexity index is 867. The van der Waals surface area contributed by atoms with Gasteiger partial charge in [0, 0.05) is 0 Å². The first-order chi connectivity index (χ1) is 12.7. The first-order valence-corrected chi connectivity index (χ1v) is 12.8. The van der Waals surface area contributed by atoms with Crippen molar-refractivity contribution in [3.63, 3.8) is 0 Å². The number of rotatable bonds is 5. The van der Waals surface area contributed by atoms with Crippen LogP contribution in [-0.4, -0.2) is 0 Å². The molecule has 0 nitrogen and oxygen atoms in total. The van der Waals surface area contributed by atoms with Gasteiger partial charge in [-0.15, -0.1) is 0 Å². The summed E-state index contributed by atoms with van der Waals surface area (Å²) in [6.45, 7) is 0. The molecule has 0 atom stereocenters. The average molecular weight is 395 g/mol. The quantitative estimate of drug-likeness (QED) is 0.368. The van der Waals surface area contributed by atoms with Crippen LogP contribution < -0.4 is 15.9 Å². The molecule has 0 unspecified atom stereocenters. The third-order valence-electron chi connectivity index (χ3n) is 4.92. The van der Waals surface area contributed by atoms with Crippen LogP contribution in [0.5, 0.6) is 0 Å². The van der Waals surface area contributed by atoms with Crippen LogP contribution in [-0.2, 0) is 6.16 Å². The number of halogens is 1. The van der Waals surface area contributed by atoms with Gasteiger partial charge in [-0.1, -0.05) is 0 Å². The molecule has 26 heavy (non-hydrogen) atoms. The van der Waals surface area contributed by atoms with E-state index in [9.17, 15) is 0 Å². The molecule has 0 N–H and O–H groups in total. The fourth-order valence-corrected chi connectivity index (χ4v) is 11.3. The summed E-state index contributed by atoms with van der Waals surface area (Å²) in [7, 11) is 0. The third-order valence-corrected chi connectivity index (χ3v) is 13.2. The molecule has 0 radical (unpaired) electrons. The second-order valence-electron chi connectivity index (χ2n) is 6.43. The van der Waals surface area contributed by atoms with E-state index < -0.39 is 5.96 Å². The van der Waals surface area contributed by atoms with Gasteiger partial charge >= 0.3 is 164 Å². The molecule has 0 amide bonds. The van der Waals surface area contributed by atoms with Crippen molar-refractivity contribution in [1.82, 2.24) is 0 Å². The summed E-state index contributed by atoms with van der Waals surface area (Å²) in [4.78, 5) is 1.31. The SMILES string of the molecule is ClP(Cc1cccs1)(c1ccccc1)(c1ccccc1)c1ccccc1. The number of hydrogen-bond donors (Lipinski definition) is 0. The van der Waals surface area contributed by atoms with Crippen molar-refractivity contribution in [2.45, 2.75) is 6.16 Å². The summed E-state index contributed by atoms with van der Waals surface area (Å²) < 4.78 is 0. The maximum absolute atomic E-state index is 8.00. The molecule has 0 aliphatic heterocycles. The molecule has 0 spiro atoms. The molecule has 0 saturated heterocycles. The first kappa shape index (κ1) is 17.5. The Balaban J connectivity index is 2.10. The van der Waals surface area contributed by atoms with Crippen LogP contribution >= 0.6 is 28.5 Å². The molecule has 130 valence electrons. The van der Waals surface area contributed by atoms with Crippen LogP contribution in [0.1, 0.15) is 4.88 Å². The molecular formula is C23H20ClPS. The number of thiophene rings is 1. The molecule has 0 bridgehead atoms. The molecule has 0 aliphatic carbocycles. The van der Waals surface area contributed by atoms with Crippen LogP contribution in [0.25, 0.3) is 0 Å². The molecule has 3 aromatic carbocycles. The van der Waals surface area contributed by atoms with E-state index in [1.54, 1.807) is 11.3 Å². The van der Waals surface area contributed by atoms with Crippen LogP contribution in [0.4, 0.5) is 0 Å². The summed E-state index contributed by atoms with van der Waals surface area (Å²) in [5.41, 5.74) is 0. The second-order valence-corrected chi connectivity index (χ2v) is 13.9. The van der Waals surface area contributed by atoms with Gasteiger partial charge in [-0.2, -0.15) is 0 Å². The zero-order valence-corrected chi connectivity index (χ0v) is 16.8. The first-order valence-electron chi connectivity index (χ1n) is 8.64. The van der Waals surface area contributed by atoms with Gasteiger partial charge in [0.1, 0.15) is 0 Å². The van der Waals surface area contributed by atoms with Gasteiger partial charge in [0.15, 0.2) is 0 Å². The molecule has 4 aromatic rings. The molecule has 1 aromatic heterocycles. The van der Waals surface area contributed by atoms with Crippen LogP contribution in [0.2, 0.25) is 0 Å². The maximum atomic E-state index is 8.00. The normalized spacial score (nSPS) is 13.0. The van der Waals surface area contributed by atoms with Gasteiger partial charge < -0.3 is 0 Å². The van der Waals surface area contributed by atoms with Gasteiger partial charge in [0.05, 0.1) is 0 Å². The van der Waals surface area contributed by atoms with Crippen molar-refractivity contribution in [1.29, 1.82) is 0 Å². The van der Waals surface area contributed by atoms with E-state index in [2.05, 4.69) is 109 Å². The molecule has 0 saturated carbocycles. The van der Waals surface area contributed by atoms with Gasteiger partial charge in [-0.25, -0.2) is 0 Å². The molecule has 1 heterocycles. The number of hydrogen-bond acceptors (Lipinski definition) is 1. The van der Waals surface area contributed by atoms with E-state index in [0.29, 0.717) is 0 Å². The minimum atomic E-state index is -3.16. The molecule has 0 aliphatic rings. The number of benzene rings is 3. The topological polar surface area (TPSA) is 0 Å². The van der Waals surface area contributed by atoms with Gasteiger partial charge in [0.2, 0.25) is 0 Å². The van der Waals surface area contributed by atoms with Crippen molar-refractivity contribution in [3.05, 3.63) is 113 Å². The van der Waals surface area contributed by atoms with E-state index in [-0.39, 0.29) is 0 Å². The molecule has 4 rings (SSSR count). The standard InChI is InChI=1S/C23H20ClPS/c24-25(19-23-17-10-18-26-23,20-11-4-1-5-12-20,21-13-6-2-7-14-21)22-15-8-3-9-16-22/h1-18H,19H2. The zero-order chi connectivity index (χ0) is 17.9. The third kappa shape index (κ3) is 2.81. The Morgan fingerprint density at radius 1 is 0.577 bits per heavy atom. The summed E-state index contributed by atoms with van der Waals surface area (Å²) in [6.07, 6.45) is 0.822. The minimum absolute atomic E-state index is 0.822. The van der Waals surface area contributed by atoms with Crippen LogP contribution in [0, 0.1) is 0 Å². The predicted molar refractivity (Wildman–Crippen MR) is 119 cm³/mol. The van der Waals surface area contributed by atoms with E-state index in [4.69, 9.17) is 11.2 Å². The fraction of sp³-hybridized carbons (Fsp3) is 0.0435. The Hall–Kier alpha value is -1.92. The van der Waals surface area contributed by atoms with Crippen molar-refractivity contribution < 1.29 is 0 Å². The summed E-state index contributed by atoms with van der Waals surface area (Å²) in [5.74, 6) is -3.16. The summed E-state index contributed by atoms with van der Waals surface area (Å²) >= 11 is 9.78. The summed E-state index contributed by atoms with van der Waals surface area (Å²) in [6, 6.07) is 36.2. The Labute approximate surface area is 163 Å². The van der Waals surface area contributed by atoms with Crippen LogP contribution in [0.3, 0.4) is 0 Å². The van der Waals surface area contributed by atoms with E-state index in [1.807, 2.05) is 0 Å². The van der Waals surface area contributed by atoms with E-state index >= 15 is 0 Å². The van der Waals surface area contributed by atoms with Crippen LogP contribution in [0.15, 0.2) is 109 Å². The fourth-order valence-electron chi connectivity index (χ4n) is 3.63. The van der Waals surface area contributed by atoms with Gasteiger partial charge in [-0.3, -0.25) is 0 Å². The molecule has 0 fully saturated rings. The summed E-state index contributed by atoms with van der Waals surface area (Å²) in [5, 5.41) is 5.77. The van der Waals surface area contributed by atoms with Crippen molar-refractivity contribution in [3.8, 4) is 0 Å². The van der Waals surface area contributed by atoms with Crippen molar-refractivity contribution >= 4 is 44.4 Å².